The standard InChI is InChI=1S/C14H14N2O4/c1-7-10(13(17)18)12(9-3-5-15-6-4-9)11(14(19)20)8(2)16-7/h3-6,12,16H,1-2H3,(H,17,18)(H,19,20). The fourth-order valence-corrected chi connectivity index (χ4v) is 2.45. The number of pyridine rings is 1. The van der Waals surface area contributed by atoms with Crippen molar-refractivity contribution >= 4 is 11.9 Å². The molecule has 3 N–H and O–H groups in total. The lowest BCUT2D eigenvalue weighted by Gasteiger charge is -2.28. The Morgan fingerprint density at radius 3 is 1.90 bits per heavy atom. The number of carboxylic acids is 2. The first-order valence-electron chi connectivity index (χ1n) is 5.98. The zero-order valence-corrected chi connectivity index (χ0v) is 11.0. The van der Waals surface area contributed by atoms with Gasteiger partial charge in [0.05, 0.1) is 17.1 Å². The molecule has 0 spiro atoms. The lowest BCUT2D eigenvalue weighted by atomic mass is 9.81. The monoisotopic (exact) mass is 274 g/mol. The van der Waals surface area contributed by atoms with Crippen LogP contribution in [-0.2, 0) is 9.59 Å². The van der Waals surface area contributed by atoms with Gasteiger partial charge in [0.15, 0.2) is 0 Å². The molecule has 104 valence electrons. The van der Waals surface area contributed by atoms with E-state index >= 15 is 0 Å². The summed E-state index contributed by atoms with van der Waals surface area (Å²) in [5.41, 5.74) is 1.57. The summed E-state index contributed by atoms with van der Waals surface area (Å²) < 4.78 is 0. The van der Waals surface area contributed by atoms with Gasteiger partial charge >= 0.3 is 11.9 Å². The van der Waals surface area contributed by atoms with Gasteiger partial charge in [0, 0.05) is 23.8 Å². The average molecular weight is 274 g/mol. The van der Waals surface area contributed by atoms with Crippen molar-refractivity contribution in [2.45, 2.75) is 19.8 Å². The predicted octanol–water partition coefficient (Wildman–Crippen LogP) is 1.49. The highest BCUT2D eigenvalue weighted by Crippen LogP contribution is 2.37. The number of hydrogen-bond donors (Lipinski definition) is 3. The Morgan fingerprint density at radius 1 is 1.05 bits per heavy atom. The summed E-state index contributed by atoms with van der Waals surface area (Å²) in [5.74, 6) is -3.08. The molecule has 1 aromatic heterocycles. The van der Waals surface area contributed by atoms with E-state index in [9.17, 15) is 19.8 Å². The van der Waals surface area contributed by atoms with Gasteiger partial charge in [-0.05, 0) is 31.5 Å². The van der Waals surface area contributed by atoms with Gasteiger partial charge in [-0.3, -0.25) is 4.98 Å². The Morgan fingerprint density at radius 2 is 1.50 bits per heavy atom. The molecule has 2 heterocycles. The molecule has 0 fully saturated rings. The number of hydrogen-bond acceptors (Lipinski definition) is 4. The first-order chi connectivity index (χ1) is 9.43. The van der Waals surface area contributed by atoms with Crippen LogP contribution in [0.1, 0.15) is 25.3 Å². The topological polar surface area (TPSA) is 99.5 Å². The Bertz CT molecular complexity index is 596. The first-order valence-corrected chi connectivity index (χ1v) is 5.98. The van der Waals surface area contributed by atoms with Crippen LogP contribution in [0, 0.1) is 0 Å². The number of nitrogens with one attached hydrogen (secondary N) is 1. The summed E-state index contributed by atoms with van der Waals surface area (Å²) in [5, 5.41) is 21.6. The predicted molar refractivity (Wildman–Crippen MR) is 70.8 cm³/mol. The third-order valence-corrected chi connectivity index (χ3v) is 3.26. The van der Waals surface area contributed by atoms with E-state index in [1.165, 1.54) is 12.4 Å². The molecule has 0 saturated carbocycles. The molecule has 0 saturated heterocycles. The molecule has 0 bridgehead atoms. The van der Waals surface area contributed by atoms with Crippen molar-refractivity contribution in [3.8, 4) is 0 Å². The fourth-order valence-electron chi connectivity index (χ4n) is 2.45. The SMILES string of the molecule is CC1=C(C(=O)O)C(c2ccncc2)C(C(=O)O)=C(C)N1. The van der Waals surface area contributed by atoms with Crippen LogP contribution in [0.2, 0.25) is 0 Å². The second-order valence-corrected chi connectivity index (χ2v) is 4.53. The van der Waals surface area contributed by atoms with Crippen molar-refractivity contribution in [3.63, 3.8) is 0 Å². The highest BCUT2D eigenvalue weighted by molar-refractivity contribution is 5.98. The summed E-state index contributed by atoms with van der Waals surface area (Å²) in [6.07, 6.45) is 3.03. The van der Waals surface area contributed by atoms with Crippen molar-refractivity contribution < 1.29 is 19.8 Å². The summed E-state index contributed by atoms with van der Waals surface area (Å²) in [6.45, 7) is 3.25. The summed E-state index contributed by atoms with van der Waals surface area (Å²) in [4.78, 5) is 26.9. The summed E-state index contributed by atoms with van der Waals surface area (Å²) in [6, 6.07) is 3.25. The number of dihydropyridines is 1. The van der Waals surface area contributed by atoms with E-state index in [0.717, 1.165) is 0 Å². The van der Waals surface area contributed by atoms with Crippen molar-refractivity contribution in [1.82, 2.24) is 10.3 Å². The molecular weight excluding hydrogens is 260 g/mol. The number of allylic oxidation sites excluding steroid dienone is 2. The largest absolute Gasteiger partial charge is 0.478 e. The Hall–Kier alpha value is -2.63. The van der Waals surface area contributed by atoms with Crippen molar-refractivity contribution in [1.29, 1.82) is 0 Å². The van der Waals surface area contributed by atoms with E-state index in [2.05, 4.69) is 10.3 Å². The minimum absolute atomic E-state index is 0.0409. The van der Waals surface area contributed by atoms with Gasteiger partial charge in [0.25, 0.3) is 0 Å². The minimum atomic E-state index is -1.14. The van der Waals surface area contributed by atoms with Crippen molar-refractivity contribution in [2.24, 2.45) is 0 Å². The number of carboxylic acid groups (broad SMARTS) is 2. The molecule has 2 rings (SSSR count). The molecule has 0 atom stereocenters. The molecular formula is C14H14N2O4. The molecule has 6 heteroatoms. The minimum Gasteiger partial charge on any atom is -0.478 e. The van der Waals surface area contributed by atoms with Crippen molar-refractivity contribution in [2.75, 3.05) is 0 Å². The van der Waals surface area contributed by atoms with Crippen LogP contribution in [0.25, 0.3) is 0 Å². The Balaban J connectivity index is 2.67. The summed E-state index contributed by atoms with van der Waals surface area (Å²) in [7, 11) is 0. The van der Waals surface area contributed by atoms with Crippen LogP contribution in [0.15, 0.2) is 47.1 Å². The van der Waals surface area contributed by atoms with Gasteiger partial charge in [-0.25, -0.2) is 9.59 Å². The molecule has 1 aromatic rings. The van der Waals surface area contributed by atoms with E-state index in [0.29, 0.717) is 17.0 Å². The summed E-state index contributed by atoms with van der Waals surface area (Å²) >= 11 is 0. The Labute approximate surface area is 115 Å². The first kappa shape index (κ1) is 13.8. The number of aliphatic carboxylic acids is 2. The maximum Gasteiger partial charge on any atom is 0.334 e. The van der Waals surface area contributed by atoms with Gasteiger partial charge in [-0.15, -0.1) is 0 Å². The molecule has 0 unspecified atom stereocenters. The molecule has 0 aromatic carbocycles. The molecule has 1 aliphatic rings. The average Bonchev–Trinajstić information content (AvgIpc) is 2.37. The van der Waals surface area contributed by atoms with E-state index in [1.807, 2.05) is 0 Å². The van der Waals surface area contributed by atoms with E-state index in [-0.39, 0.29) is 11.1 Å². The van der Waals surface area contributed by atoms with Crippen LogP contribution >= 0.6 is 0 Å². The molecule has 0 amide bonds. The Kier molecular flexibility index (Phi) is 3.56. The third kappa shape index (κ3) is 2.27. The number of nitrogens with zero attached hydrogens (tertiary/aromatic N) is 1. The quantitative estimate of drug-likeness (QED) is 0.772. The van der Waals surface area contributed by atoms with Crippen LogP contribution in [0.4, 0.5) is 0 Å². The van der Waals surface area contributed by atoms with Gasteiger partial charge in [0.2, 0.25) is 0 Å². The smallest absolute Gasteiger partial charge is 0.334 e. The van der Waals surface area contributed by atoms with Gasteiger partial charge in [-0.1, -0.05) is 0 Å². The van der Waals surface area contributed by atoms with Crippen LogP contribution in [0.3, 0.4) is 0 Å². The fraction of sp³-hybridized carbons (Fsp3) is 0.214. The second-order valence-electron chi connectivity index (χ2n) is 4.53. The van der Waals surface area contributed by atoms with E-state index in [1.54, 1.807) is 26.0 Å². The lowest BCUT2D eigenvalue weighted by Crippen LogP contribution is -2.30. The van der Waals surface area contributed by atoms with Crippen molar-refractivity contribution in [3.05, 3.63) is 52.6 Å². The van der Waals surface area contributed by atoms with Crippen LogP contribution in [-0.4, -0.2) is 27.1 Å². The number of carbonyl (C=O) groups is 2. The maximum atomic E-state index is 11.5. The van der Waals surface area contributed by atoms with Gasteiger partial charge < -0.3 is 15.5 Å². The molecule has 6 nitrogen and oxygen atoms in total. The normalized spacial score (nSPS) is 16.1. The van der Waals surface area contributed by atoms with Crippen LogP contribution < -0.4 is 5.32 Å². The van der Waals surface area contributed by atoms with Crippen LogP contribution in [0.5, 0.6) is 0 Å². The van der Waals surface area contributed by atoms with Gasteiger partial charge in [0.1, 0.15) is 0 Å². The highest BCUT2D eigenvalue weighted by atomic mass is 16.4. The molecule has 1 aliphatic heterocycles. The maximum absolute atomic E-state index is 11.5. The zero-order chi connectivity index (χ0) is 14.9. The third-order valence-electron chi connectivity index (χ3n) is 3.26. The van der Waals surface area contributed by atoms with Gasteiger partial charge in [-0.2, -0.15) is 0 Å². The number of rotatable bonds is 3. The molecule has 0 radical (unpaired) electrons. The second kappa shape index (κ2) is 5.16. The number of aromatic nitrogens is 1. The zero-order valence-electron chi connectivity index (χ0n) is 11.0. The lowest BCUT2D eigenvalue weighted by molar-refractivity contribution is -0.133. The highest BCUT2D eigenvalue weighted by Gasteiger charge is 2.36. The van der Waals surface area contributed by atoms with E-state index in [4.69, 9.17) is 0 Å². The van der Waals surface area contributed by atoms with E-state index < -0.39 is 17.9 Å². The molecule has 20 heavy (non-hydrogen) atoms. The molecule has 0 aliphatic carbocycles.